The van der Waals surface area contributed by atoms with Gasteiger partial charge in [0.05, 0.1) is 7.11 Å². The normalized spacial score (nSPS) is 11.6. The number of ether oxygens (including phenoxy) is 1. The molecular weight excluding hydrogens is 339 g/mol. The molecule has 0 aliphatic heterocycles. The molecule has 0 aliphatic rings. The van der Waals surface area contributed by atoms with Gasteiger partial charge in [0, 0.05) is 5.82 Å². The summed E-state index contributed by atoms with van der Waals surface area (Å²) in [6, 6.07) is 40.6. The molecule has 0 spiro atoms. The van der Waals surface area contributed by atoms with Gasteiger partial charge in [-0.3, -0.25) is 0 Å². The Morgan fingerprint density at radius 1 is 0.571 bits per heavy atom. The topological polar surface area (TPSA) is 9.23 Å². The van der Waals surface area contributed by atoms with Gasteiger partial charge in [-0.05, 0) is 17.2 Å². The van der Waals surface area contributed by atoms with Crippen molar-refractivity contribution in [3.8, 4) is 5.75 Å². The van der Waals surface area contributed by atoms with Gasteiger partial charge in [-0.15, -0.1) is 0 Å². The number of hydrogen-bond donors (Lipinski definition) is 0. The average Bonchev–Trinajstić information content (AvgIpc) is 2.79. The molecule has 4 aromatic rings. The van der Waals surface area contributed by atoms with Crippen LogP contribution in [-0.4, -0.2) is 13.8 Å². The van der Waals surface area contributed by atoms with Gasteiger partial charge in [-0.1, -0.05) is 120 Å². The largest absolute Gasteiger partial charge is 0.496 e. The minimum atomic E-state index is 0.141. The van der Waals surface area contributed by atoms with Gasteiger partial charge in [0.15, 0.2) is 0 Å². The quantitative estimate of drug-likeness (QED) is 0.453. The average molecular weight is 362 g/mol. The van der Waals surface area contributed by atoms with E-state index in [1.165, 1.54) is 22.1 Å². The van der Waals surface area contributed by atoms with Crippen LogP contribution in [0.25, 0.3) is 0 Å². The van der Waals surface area contributed by atoms with Crippen LogP contribution in [0.5, 0.6) is 5.75 Å². The molecule has 0 heterocycles. The molecule has 0 fully saturated rings. The molecule has 28 heavy (non-hydrogen) atoms. The lowest BCUT2D eigenvalue weighted by Crippen LogP contribution is -2.48. The van der Waals surface area contributed by atoms with Crippen LogP contribution in [-0.2, 0) is 0 Å². The van der Waals surface area contributed by atoms with Crippen molar-refractivity contribution in [1.29, 1.82) is 0 Å². The third-order valence-corrected chi connectivity index (χ3v) is 5.28. The van der Waals surface area contributed by atoms with Gasteiger partial charge in [0.25, 0.3) is 0 Å². The lowest BCUT2D eigenvalue weighted by atomic mass is 9.31. The van der Waals surface area contributed by atoms with Crippen molar-refractivity contribution in [2.75, 3.05) is 7.11 Å². The van der Waals surface area contributed by atoms with Gasteiger partial charge >= 0.3 is 0 Å². The molecule has 0 saturated heterocycles. The summed E-state index contributed by atoms with van der Waals surface area (Å²) in [5.74, 6) is 1.07. The summed E-state index contributed by atoms with van der Waals surface area (Å²) in [6.45, 7) is 0.182. The molecule has 0 bridgehead atoms. The maximum Gasteiger partial charge on any atom is 0.221 e. The third kappa shape index (κ3) is 3.72. The van der Waals surface area contributed by atoms with Crippen LogP contribution in [0.15, 0.2) is 115 Å². The Balaban J connectivity index is 1.97. The Labute approximate surface area is 167 Å². The van der Waals surface area contributed by atoms with Crippen LogP contribution in [0.2, 0.25) is 0 Å². The highest BCUT2D eigenvalue weighted by atomic mass is 16.5. The molecule has 4 aromatic carbocycles. The first-order valence-electron chi connectivity index (χ1n) is 9.66. The van der Waals surface area contributed by atoms with Crippen LogP contribution in [0, 0.1) is 0 Å². The zero-order chi connectivity index (χ0) is 19.2. The first-order chi connectivity index (χ1) is 13.9. The molecule has 136 valence electrons. The van der Waals surface area contributed by atoms with E-state index in [1.807, 2.05) is 6.07 Å². The fourth-order valence-corrected chi connectivity index (χ4v) is 4.03. The fraction of sp³-hybridized carbons (Fsp3) is 0.0769. The van der Waals surface area contributed by atoms with Crippen molar-refractivity contribution in [1.82, 2.24) is 0 Å². The van der Waals surface area contributed by atoms with Crippen LogP contribution < -0.4 is 15.7 Å². The Bertz CT molecular complexity index is 961. The minimum absolute atomic E-state index is 0.141. The van der Waals surface area contributed by atoms with E-state index >= 15 is 0 Å². The lowest BCUT2D eigenvalue weighted by Gasteiger charge is -2.28. The molecule has 1 nitrogen and oxygen atoms in total. The molecule has 0 radical (unpaired) electrons. The van der Waals surface area contributed by atoms with E-state index in [9.17, 15) is 0 Å². The number of para-hydroxylation sites is 1. The van der Waals surface area contributed by atoms with E-state index < -0.39 is 0 Å². The molecule has 0 aliphatic carbocycles. The Kier molecular flexibility index (Phi) is 5.58. The molecule has 0 N–H and O–H groups in total. The number of benzene rings is 4. The molecule has 1 unspecified atom stereocenters. The second-order valence-electron chi connectivity index (χ2n) is 6.93. The Morgan fingerprint density at radius 2 is 1.04 bits per heavy atom. The fourth-order valence-electron chi connectivity index (χ4n) is 4.03. The van der Waals surface area contributed by atoms with Crippen molar-refractivity contribution >= 4 is 17.6 Å². The maximum atomic E-state index is 5.77. The minimum Gasteiger partial charge on any atom is -0.496 e. The molecule has 0 saturated carbocycles. The predicted molar refractivity (Wildman–Crippen MR) is 119 cm³/mol. The van der Waals surface area contributed by atoms with Gasteiger partial charge in [0.2, 0.25) is 6.71 Å². The van der Waals surface area contributed by atoms with Gasteiger partial charge < -0.3 is 4.74 Å². The summed E-state index contributed by atoms with van der Waals surface area (Å²) >= 11 is 0. The highest BCUT2D eigenvalue weighted by Gasteiger charge is 2.33. The van der Waals surface area contributed by atoms with Gasteiger partial charge in [-0.25, -0.2) is 0 Å². The van der Waals surface area contributed by atoms with Gasteiger partial charge in [0.1, 0.15) is 5.75 Å². The number of rotatable bonds is 6. The molecular formula is C26H23BO. The molecule has 2 heteroatoms. The SMILES string of the molecule is COc1ccccc1C(B(c1ccccc1)c1ccccc1)c1ccccc1. The summed E-state index contributed by atoms with van der Waals surface area (Å²) < 4.78 is 5.77. The van der Waals surface area contributed by atoms with Crippen molar-refractivity contribution in [3.63, 3.8) is 0 Å². The highest BCUT2D eigenvalue weighted by molar-refractivity contribution is 6.86. The van der Waals surface area contributed by atoms with E-state index in [2.05, 4.69) is 109 Å². The van der Waals surface area contributed by atoms with E-state index in [0.29, 0.717) is 0 Å². The Morgan fingerprint density at radius 3 is 1.57 bits per heavy atom. The standard InChI is InChI=1S/C26H23BO/c1-28-25-20-12-11-19-24(25)26(21-13-5-2-6-14-21)27(22-15-7-3-8-16-22)23-17-9-4-10-18-23/h2-20,26H,1H3. The van der Waals surface area contributed by atoms with E-state index in [4.69, 9.17) is 4.74 Å². The van der Waals surface area contributed by atoms with Crippen molar-refractivity contribution in [2.24, 2.45) is 0 Å². The summed E-state index contributed by atoms with van der Waals surface area (Å²) in [5, 5.41) is 0. The van der Waals surface area contributed by atoms with E-state index in [0.717, 1.165) is 5.75 Å². The summed E-state index contributed by atoms with van der Waals surface area (Å²) in [6.07, 6.45) is 0. The Hall–Kier alpha value is -3.26. The number of methoxy groups -OCH3 is 1. The second kappa shape index (κ2) is 8.62. The monoisotopic (exact) mass is 362 g/mol. The van der Waals surface area contributed by atoms with Gasteiger partial charge in [-0.2, -0.15) is 0 Å². The van der Waals surface area contributed by atoms with E-state index in [1.54, 1.807) is 7.11 Å². The summed E-state index contributed by atoms with van der Waals surface area (Å²) in [7, 11) is 1.75. The van der Waals surface area contributed by atoms with Crippen molar-refractivity contribution < 1.29 is 4.74 Å². The predicted octanol–water partition coefficient (Wildman–Crippen LogP) is 4.68. The smallest absolute Gasteiger partial charge is 0.221 e. The summed E-state index contributed by atoms with van der Waals surface area (Å²) in [5.41, 5.74) is 5.08. The third-order valence-electron chi connectivity index (χ3n) is 5.28. The van der Waals surface area contributed by atoms with Crippen LogP contribution in [0.3, 0.4) is 0 Å². The molecule has 0 amide bonds. The zero-order valence-electron chi connectivity index (χ0n) is 16.0. The first kappa shape index (κ1) is 18.1. The second-order valence-corrected chi connectivity index (χ2v) is 6.93. The molecule has 0 aromatic heterocycles. The van der Waals surface area contributed by atoms with Crippen LogP contribution in [0.4, 0.5) is 0 Å². The lowest BCUT2D eigenvalue weighted by molar-refractivity contribution is 0.410. The number of hydrogen-bond acceptors (Lipinski definition) is 1. The highest BCUT2D eigenvalue weighted by Crippen LogP contribution is 2.33. The van der Waals surface area contributed by atoms with Crippen LogP contribution in [0.1, 0.15) is 16.9 Å². The first-order valence-corrected chi connectivity index (χ1v) is 9.66. The molecule has 1 atom stereocenters. The van der Waals surface area contributed by atoms with Crippen molar-refractivity contribution in [3.05, 3.63) is 126 Å². The van der Waals surface area contributed by atoms with E-state index in [-0.39, 0.29) is 12.5 Å². The molecule has 4 rings (SSSR count). The van der Waals surface area contributed by atoms with Crippen LogP contribution >= 0.6 is 0 Å². The summed E-state index contributed by atoms with van der Waals surface area (Å²) in [4.78, 5) is 0. The zero-order valence-corrected chi connectivity index (χ0v) is 16.0. The maximum absolute atomic E-state index is 5.77. The van der Waals surface area contributed by atoms with Crippen molar-refractivity contribution in [2.45, 2.75) is 5.82 Å².